The maximum atomic E-state index is 6.08. The van der Waals surface area contributed by atoms with Gasteiger partial charge in [-0.05, 0) is 25.3 Å². The standard InChI is InChI=1S/C14H28N2O/c1-3-13(4-2)10-16-8-9-17-14(12-16)6-5-7-15-11-14/h13,15H,3-12H2,1-2H3. The van der Waals surface area contributed by atoms with E-state index in [4.69, 9.17) is 4.74 Å². The molecule has 0 aromatic carbocycles. The van der Waals surface area contributed by atoms with Gasteiger partial charge in [0.25, 0.3) is 0 Å². The van der Waals surface area contributed by atoms with Crippen molar-refractivity contribution < 1.29 is 4.74 Å². The minimum atomic E-state index is 0.128. The van der Waals surface area contributed by atoms with Crippen LogP contribution in [0.2, 0.25) is 0 Å². The monoisotopic (exact) mass is 240 g/mol. The van der Waals surface area contributed by atoms with Gasteiger partial charge in [0, 0.05) is 26.2 Å². The van der Waals surface area contributed by atoms with Crippen molar-refractivity contribution >= 4 is 0 Å². The van der Waals surface area contributed by atoms with Crippen LogP contribution in [0.25, 0.3) is 0 Å². The molecule has 0 bridgehead atoms. The van der Waals surface area contributed by atoms with Gasteiger partial charge in [-0.15, -0.1) is 0 Å². The highest BCUT2D eigenvalue weighted by molar-refractivity contribution is 4.93. The molecule has 2 fully saturated rings. The maximum Gasteiger partial charge on any atom is 0.0933 e. The molecule has 1 atom stereocenters. The summed E-state index contributed by atoms with van der Waals surface area (Å²) in [6.07, 6.45) is 5.11. The minimum absolute atomic E-state index is 0.128. The van der Waals surface area contributed by atoms with Crippen LogP contribution >= 0.6 is 0 Å². The number of piperidine rings is 1. The summed E-state index contributed by atoms with van der Waals surface area (Å²) in [5.41, 5.74) is 0.128. The van der Waals surface area contributed by atoms with Crippen LogP contribution in [0.1, 0.15) is 39.5 Å². The topological polar surface area (TPSA) is 24.5 Å². The molecule has 2 aliphatic heterocycles. The largest absolute Gasteiger partial charge is 0.371 e. The van der Waals surface area contributed by atoms with Crippen molar-refractivity contribution in [3.8, 4) is 0 Å². The van der Waals surface area contributed by atoms with E-state index in [0.29, 0.717) is 0 Å². The van der Waals surface area contributed by atoms with Gasteiger partial charge >= 0.3 is 0 Å². The molecular weight excluding hydrogens is 212 g/mol. The second-order valence-corrected chi connectivity index (χ2v) is 5.73. The van der Waals surface area contributed by atoms with E-state index in [1.807, 2.05) is 0 Å². The predicted octanol–water partition coefficient (Wildman–Crippen LogP) is 1.88. The van der Waals surface area contributed by atoms with Gasteiger partial charge in [0.05, 0.1) is 12.2 Å². The van der Waals surface area contributed by atoms with Crippen LogP contribution in [0.5, 0.6) is 0 Å². The summed E-state index contributed by atoms with van der Waals surface area (Å²) < 4.78 is 6.08. The number of hydrogen-bond acceptors (Lipinski definition) is 3. The molecular formula is C14H28N2O. The van der Waals surface area contributed by atoms with Gasteiger partial charge in [-0.3, -0.25) is 4.90 Å². The smallest absolute Gasteiger partial charge is 0.0933 e. The Morgan fingerprint density at radius 3 is 2.82 bits per heavy atom. The second-order valence-electron chi connectivity index (χ2n) is 5.73. The molecule has 3 heteroatoms. The third-order valence-corrected chi connectivity index (χ3v) is 4.43. The fourth-order valence-corrected chi connectivity index (χ4v) is 3.19. The molecule has 1 unspecified atom stereocenters. The lowest BCUT2D eigenvalue weighted by Gasteiger charge is -2.45. The lowest BCUT2D eigenvalue weighted by atomic mass is 9.91. The van der Waals surface area contributed by atoms with Crippen LogP contribution in [0.4, 0.5) is 0 Å². The molecule has 1 spiro atoms. The maximum absolute atomic E-state index is 6.08. The van der Waals surface area contributed by atoms with Crippen LogP contribution in [0.15, 0.2) is 0 Å². The SMILES string of the molecule is CCC(CC)CN1CCOC2(CCCNC2)C1. The lowest BCUT2D eigenvalue weighted by molar-refractivity contribution is -0.121. The molecule has 2 heterocycles. The van der Waals surface area contributed by atoms with Crippen LogP contribution in [0.3, 0.4) is 0 Å². The molecule has 3 nitrogen and oxygen atoms in total. The summed E-state index contributed by atoms with van der Waals surface area (Å²) in [6, 6.07) is 0. The van der Waals surface area contributed by atoms with E-state index in [1.165, 1.54) is 32.2 Å². The summed E-state index contributed by atoms with van der Waals surface area (Å²) in [4.78, 5) is 2.63. The van der Waals surface area contributed by atoms with Crippen molar-refractivity contribution in [2.75, 3.05) is 39.3 Å². The van der Waals surface area contributed by atoms with Crippen molar-refractivity contribution in [3.63, 3.8) is 0 Å². The van der Waals surface area contributed by atoms with E-state index in [0.717, 1.165) is 38.7 Å². The van der Waals surface area contributed by atoms with Gasteiger partial charge in [-0.25, -0.2) is 0 Å². The highest BCUT2D eigenvalue weighted by atomic mass is 16.5. The Labute approximate surface area is 106 Å². The molecule has 100 valence electrons. The summed E-state index contributed by atoms with van der Waals surface area (Å²) in [7, 11) is 0. The highest BCUT2D eigenvalue weighted by Gasteiger charge is 2.37. The van der Waals surface area contributed by atoms with Crippen molar-refractivity contribution in [2.45, 2.75) is 45.1 Å². The Morgan fingerprint density at radius 1 is 1.35 bits per heavy atom. The van der Waals surface area contributed by atoms with Gasteiger partial charge < -0.3 is 10.1 Å². The molecule has 1 N–H and O–H groups in total. The zero-order chi connectivity index (χ0) is 12.1. The Balaban J connectivity index is 1.87. The van der Waals surface area contributed by atoms with E-state index in [2.05, 4.69) is 24.1 Å². The first-order valence-corrected chi connectivity index (χ1v) is 7.35. The highest BCUT2D eigenvalue weighted by Crippen LogP contribution is 2.26. The van der Waals surface area contributed by atoms with Gasteiger partial charge in [-0.1, -0.05) is 26.7 Å². The third kappa shape index (κ3) is 3.43. The average Bonchev–Trinajstić information content (AvgIpc) is 2.37. The summed E-state index contributed by atoms with van der Waals surface area (Å²) in [6.45, 7) is 11.3. The first-order valence-electron chi connectivity index (χ1n) is 7.35. The number of nitrogens with one attached hydrogen (secondary N) is 1. The van der Waals surface area contributed by atoms with Gasteiger partial charge in [0.1, 0.15) is 0 Å². The molecule has 0 aromatic rings. The van der Waals surface area contributed by atoms with Crippen LogP contribution in [-0.2, 0) is 4.74 Å². The zero-order valence-corrected chi connectivity index (χ0v) is 11.5. The van der Waals surface area contributed by atoms with E-state index in [1.54, 1.807) is 0 Å². The Bertz CT molecular complexity index is 217. The molecule has 0 saturated carbocycles. The molecule has 2 aliphatic rings. The van der Waals surface area contributed by atoms with Crippen LogP contribution in [-0.4, -0.2) is 49.8 Å². The molecule has 2 rings (SSSR count). The molecule has 0 aromatic heterocycles. The van der Waals surface area contributed by atoms with Crippen molar-refractivity contribution in [1.82, 2.24) is 10.2 Å². The van der Waals surface area contributed by atoms with Crippen molar-refractivity contribution in [1.29, 1.82) is 0 Å². The average molecular weight is 240 g/mol. The number of nitrogens with zero attached hydrogens (tertiary/aromatic N) is 1. The number of rotatable bonds is 4. The predicted molar refractivity (Wildman–Crippen MR) is 71.3 cm³/mol. The molecule has 0 amide bonds. The minimum Gasteiger partial charge on any atom is -0.371 e. The Kier molecular flexibility index (Phi) is 4.83. The normalized spacial score (nSPS) is 31.2. The molecule has 2 saturated heterocycles. The molecule has 0 radical (unpaired) electrons. The molecule has 17 heavy (non-hydrogen) atoms. The van der Waals surface area contributed by atoms with Gasteiger partial charge in [0.2, 0.25) is 0 Å². The molecule has 0 aliphatic carbocycles. The zero-order valence-electron chi connectivity index (χ0n) is 11.5. The summed E-state index contributed by atoms with van der Waals surface area (Å²) in [5.74, 6) is 0.863. The Hall–Kier alpha value is -0.120. The van der Waals surface area contributed by atoms with Gasteiger partial charge in [-0.2, -0.15) is 0 Å². The van der Waals surface area contributed by atoms with Crippen LogP contribution < -0.4 is 5.32 Å². The second kappa shape index (κ2) is 6.17. The quantitative estimate of drug-likeness (QED) is 0.812. The Morgan fingerprint density at radius 2 is 2.18 bits per heavy atom. The van der Waals surface area contributed by atoms with E-state index in [9.17, 15) is 0 Å². The fraction of sp³-hybridized carbons (Fsp3) is 1.00. The van der Waals surface area contributed by atoms with E-state index < -0.39 is 0 Å². The van der Waals surface area contributed by atoms with Gasteiger partial charge in [0.15, 0.2) is 0 Å². The third-order valence-electron chi connectivity index (χ3n) is 4.43. The van der Waals surface area contributed by atoms with Crippen molar-refractivity contribution in [3.05, 3.63) is 0 Å². The van der Waals surface area contributed by atoms with Crippen LogP contribution in [0, 0.1) is 5.92 Å². The van der Waals surface area contributed by atoms with Crippen molar-refractivity contribution in [2.24, 2.45) is 5.92 Å². The number of ether oxygens (including phenoxy) is 1. The lowest BCUT2D eigenvalue weighted by Crippen LogP contribution is -2.59. The fourth-order valence-electron chi connectivity index (χ4n) is 3.19. The number of hydrogen-bond donors (Lipinski definition) is 1. The van der Waals surface area contributed by atoms with E-state index in [-0.39, 0.29) is 5.60 Å². The first kappa shape index (κ1) is 13.3. The number of morpholine rings is 1. The summed E-state index contributed by atoms with van der Waals surface area (Å²) in [5, 5.41) is 3.50. The summed E-state index contributed by atoms with van der Waals surface area (Å²) >= 11 is 0. The van der Waals surface area contributed by atoms with E-state index >= 15 is 0 Å². The first-order chi connectivity index (χ1) is 8.28.